The largest absolute Gasteiger partial charge is 0.315 e. The number of anilines is 1. The maximum absolute atomic E-state index is 12.3. The highest BCUT2D eigenvalue weighted by molar-refractivity contribution is 7.16. The van der Waals surface area contributed by atoms with Crippen molar-refractivity contribution < 1.29 is 4.79 Å². The van der Waals surface area contributed by atoms with Crippen molar-refractivity contribution in [2.24, 2.45) is 0 Å². The van der Waals surface area contributed by atoms with Gasteiger partial charge in [0.1, 0.15) is 0 Å². The zero-order valence-corrected chi connectivity index (χ0v) is 12.6. The summed E-state index contributed by atoms with van der Waals surface area (Å²) in [6.07, 6.45) is 1.28. The number of carbonyl (C=O) groups excluding carboxylic acids is 1. The van der Waals surface area contributed by atoms with Crippen molar-refractivity contribution in [3.8, 4) is 0 Å². The van der Waals surface area contributed by atoms with Gasteiger partial charge in [0.15, 0.2) is 0 Å². The van der Waals surface area contributed by atoms with E-state index >= 15 is 0 Å². The van der Waals surface area contributed by atoms with E-state index in [1.54, 1.807) is 16.2 Å². The van der Waals surface area contributed by atoms with Crippen molar-refractivity contribution in [3.05, 3.63) is 59.6 Å². The Labute approximate surface area is 127 Å². The molecule has 2 aromatic carbocycles. The number of hydrogen-bond acceptors (Lipinski definition) is 3. The van der Waals surface area contributed by atoms with Gasteiger partial charge in [0.25, 0.3) is 0 Å². The summed E-state index contributed by atoms with van der Waals surface area (Å²) in [6, 6.07) is 16.0. The Morgan fingerprint density at radius 3 is 2.81 bits per heavy atom. The molecule has 1 heterocycles. The fourth-order valence-electron chi connectivity index (χ4n) is 2.26. The van der Waals surface area contributed by atoms with Crippen LogP contribution in [0.4, 0.5) is 5.69 Å². The molecule has 0 atom stereocenters. The first-order valence-electron chi connectivity index (χ1n) is 6.88. The van der Waals surface area contributed by atoms with Crippen LogP contribution >= 0.6 is 11.3 Å². The Morgan fingerprint density at radius 2 is 2.00 bits per heavy atom. The van der Waals surface area contributed by atoms with Crippen molar-refractivity contribution in [2.75, 3.05) is 11.9 Å². The Kier molecular flexibility index (Phi) is 3.97. The molecule has 0 aliphatic carbocycles. The summed E-state index contributed by atoms with van der Waals surface area (Å²) >= 11 is 1.61. The van der Waals surface area contributed by atoms with E-state index in [1.165, 1.54) is 5.56 Å². The van der Waals surface area contributed by atoms with Gasteiger partial charge in [-0.15, -0.1) is 11.3 Å². The third-order valence-corrected chi connectivity index (χ3v) is 4.36. The highest BCUT2D eigenvalue weighted by Crippen LogP contribution is 2.23. The molecule has 0 unspecified atom stereocenters. The molecule has 0 fully saturated rings. The van der Waals surface area contributed by atoms with E-state index < -0.39 is 0 Å². The van der Waals surface area contributed by atoms with Crippen LogP contribution in [-0.2, 0) is 11.2 Å². The van der Waals surface area contributed by atoms with Crippen LogP contribution in [0.25, 0.3) is 10.2 Å². The maximum atomic E-state index is 12.3. The zero-order chi connectivity index (χ0) is 14.7. The van der Waals surface area contributed by atoms with Gasteiger partial charge < -0.3 is 4.90 Å². The molecule has 0 bridgehead atoms. The molecule has 1 amide bonds. The van der Waals surface area contributed by atoms with E-state index in [0.717, 1.165) is 22.3 Å². The number of carbonyl (C=O) groups is 1. The molecule has 0 aliphatic heterocycles. The molecule has 4 heteroatoms. The van der Waals surface area contributed by atoms with E-state index in [2.05, 4.69) is 17.1 Å². The lowest BCUT2D eigenvalue weighted by Gasteiger charge is -2.17. The van der Waals surface area contributed by atoms with E-state index in [0.29, 0.717) is 6.42 Å². The summed E-state index contributed by atoms with van der Waals surface area (Å²) in [5.74, 6) is 0.119. The summed E-state index contributed by atoms with van der Waals surface area (Å²) in [5, 5.41) is 0. The maximum Gasteiger partial charge on any atom is 0.227 e. The first kappa shape index (κ1) is 13.8. The summed E-state index contributed by atoms with van der Waals surface area (Å²) in [5.41, 5.74) is 4.85. The van der Waals surface area contributed by atoms with Crippen LogP contribution < -0.4 is 4.90 Å². The van der Waals surface area contributed by atoms with Gasteiger partial charge in [-0.05, 0) is 30.2 Å². The SMILES string of the molecule is CN(C(=O)CCc1ccccc1)c1ccc2scnc2c1. The van der Waals surface area contributed by atoms with Gasteiger partial charge >= 0.3 is 0 Å². The third kappa shape index (κ3) is 3.11. The highest BCUT2D eigenvalue weighted by Gasteiger charge is 2.12. The van der Waals surface area contributed by atoms with Crippen molar-refractivity contribution in [1.29, 1.82) is 0 Å². The Morgan fingerprint density at radius 1 is 1.19 bits per heavy atom. The van der Waals surface area contributed by atoms with Gasteiger partial charge in [0.2, 0.25) is 5.91 Å². The van der Waals surface area contributed by atoms with Crippen LogP contribution in [0.15, 0.2) is 54.0 Å². The number of rotatable bonds is 4. The average Bonchev–Trinajstić information content (AvgIpc) is 3.00. The number of aryl methyl sites for hydroxylation is 1. The van der Waals surface area contributed by atoms with E-state index in [-0.39, 0.29) is 5.91 Å². The van der Waals surface area contributed by atoms with Crippen LogP contribution in [0, 0.1) is 0 Å². The van der Waals surface area contributed by atoms with Crippen LogP contribution in [0.3, 0.4) is 0 Å². The van der Waals surface area contributed by atoms with E-state index in [4.69, 9.17) is 0 Å². The number of hydrogen-bond donors (Lipinski definition) is 0. The van der Waals surface area contributed by atoms with E-state index in [1.807, 2.05) is 49.0 Å². The lowest BCUT2D eigenvalue weighted by Crippen LogP contribution is -2.26. The minimum atomic E-state index is 0.119. The first-order valence-corrected chi connectivity index (χ1v) is 7.76. The molecule has 21 heavy (non-hydrogen) atoms. The quantitative estimate of drug-likeness (QED) is 0.731. The normalized spacial score (nSPS) is 10.7. The highest BCUT2D eigenvalue weighted by atomic mass is 32.1. The van der Waals surface area contributed by atoms with Crippen LogP contribution in [0.2, 0.25) is 0 Å². The summed E-state index contributed by atoms with van der Waals surface area (Å²) in [6.45, 7) is 0. The topological polar surface area (TPSA) is 33.2 Å². The monoisotopic (exact) mass is 296 g/mol. The Hall–Kier alpha value is -2.20. The number of amides is 1. The predicted molar refractivity (Wildman–Crippen MR) is 87.8 cm³/mol. The molecule has 3 rings (SSSR count). The predicted octanol–water partition coefficient (Wildman–Crippen LogP) is 3.89. The number of nitrogens with zero attached hydrogens (tertiary/aromatic N) is 2. The summed E-state index contributed by atoms with van der Waals surface area (Å²) < 4.78 is 1.14. The molecule has 0 radical (unpaired) electrons. The van der Waals surface area contributed by atoms with Gasteiger partial charge in [0, 0.05) is 19.2 Å². The van der Waals surface area contributed by atoms with Crippen molar-refractivity contribution in [1.82, 2.24) is 4.98 Å². The average molecular weight is 296 g/mol. The van der Waals surface area contributed by atoms with Gasteiger partial charge in [-0.3, -0.25) is 4.79 Å². The molecule has 3 nitrogen and oxygen atoms in total. The van der Waals surface area contributed by atoms with Crippen LogP contribution in [0.1, 0.15) is 12.0 Å². The van der Waals surface area contributed by atoms with Crippen LogP contribution in [-0.4, -0.2) is 17.9 Å². The van der Waals surface area contributed by atoms with Crippen LogP contribution in [0.5, 0.6) is 0 Å². The van der Waals surface area contributed by atoms with Crippen molar-refractivity contribution in [3.63, 3.8) is 0 Å². The minimum absolute atomic E-state index is 0.119. The molecule has 0 aliphatic rings. The fourth-order valence-corrected chi connectivity index (χ4v) is 2.92. The lowest BCUT2D eigenvalue weighted by atomic mass is 10.1. The molecule has 0 N–H and O–H groups in total. The summed E-state index contributed by atoms with van der Waals surface area (Å²) in [7, 11) is 1.82. The molecule has 106 valence electrons. The van der Waals surface area contributed by atoms with E-state index in [9.17, 15) is 4.79 Å². The zero-order valence-electron chi connectivity index (χ0n) is 11.8. The second-order valence-electron chi connectivity index (χ2n) is 4.94. The second kappa shape index (κ2) is 6.06. The molecule has 0 saturated carbocycles. The van der Waals surface area contributed by atoms with Gasteiger partial charge in [0.05, 0.1) is 15.7 Å². The fraction of sp³-hybridized carbons (Fsp3) is 0.176. The summed E-state index contributed by atoms with van der Waals surface area (Å²) in [4.78, 5) is 18.3. The Bertz CT molecular complexity index is 752. The van der Waals surface area contributed by atoms with Gasteiger partial charge in [-0.1, -0.05) is 30.3 Å². The third-order valence-electron chi connectivity index (χ3n) is 3.55. The van der Waals surface area contributed by atoms with Gasteiger partial charge in [-0.2, -0.15) is 0 Å². The molecular weight excluding hydrogens is 280 g/mol. The van der Waals surface area contributed by atoms with Gasteiger partial charge in [-0.25, -0.2) is 4.98 Å². The number of benzene rings is 2. The molecule has 1 aromatic heterocycles. The second-order valence-corrected chi connectivity index (χ2v) is 5.83. The smallest absolute Gasteiger partial charge is 0.227 e. The molecular formula is C17H16N2OS. The number of fused-ring (bicyclic) bond motifs is 1. The molecule has 3 aromatic rings. The minimum Gasteiger partial charge on any atom is -0.315 e. The van der Waals surface area contributed by atoms with Crippen molar-refractivity contribution in [2.45, 2.75) is 12.8 Å². The molecule has 0 spiro atoms. The molecule has 0 saturated heterocycles. The first-order chi connectivity index (χ1) is 10.2. The Balaban J connectivity index is 1.68. The van der Waals surface area contributed by atoms with Crippen molar-refractivity contribution >= 4 is 33.1 Å². The standard InChI is InChI=1S/C17H16N2OS/c1-19(14-8-9-16-15(11-14)18-12-21-16)17(20)10-7-13-5-3-2-4-6-13/h2-6,8-9,11-12H,7,10H2,1H3. The number of aromatic nitrogens is 1. The lowest BCUT2D eigenvalue weighted by molar-refractivity contribution is -0.118. The number of thiazole rings is 1.